The molecule has 0 saturated carbocycles. The summed E-state index contributed by atoms with van der Waals surface area (Å²) in [5.41, 5.74) is -0.971. The molecule has 1 fully saturated rings. The zero-order valence-corrected chi connectivity index (χ0v) is 15.4. The van der Waals surface area contributed by atoms with Crippen LogP contribution in [0.15, 0.2) is 46.1 Å². The normalized spacial score (nSPS) is 22.5. The average Bonchev–Trinajstić information content (AvgIpc) is 3.00. The number of hydrogen-bond acceptors (Lipinski definition) is 7. The third-order valence-corrected chi connectivity index (χ3v) is 4.90. The Hall–Kier alpha value is -2.27. The SMILES string of the molecule is O=c1ccn([C@H]2C[C@H](OP(=O)(O)O)[C@@H](CO)O2)c(=O)n1Cc1ccccc1O. The second-order valence-corrected chi connectivity index (χ2v) is 7.43. The van der Waals surface area contributed by atoms with Crippen molar-refractivity contribution in [2.24, 2.45) is 0 Å². The summed E-state index contributed by atoms with van der Waals surface area (Å²) in [4.78, 5) is 42.9. The molecule has 28 heavy (non-hydrogen) atoms. The highest BCUT2D eigenvalue weighted by molar-refractivity contribution is 7.46. The molecule has 11 nitrogen and oxygen atoms in total. The first-order valence-electron chi connectivity index (χ1n) is 8.28. The number of rotatable bonds is 6. The molecule has 152 valence electrons. The largest absolute Gasteiger partial charge is 0.508 e. The quantitative estimate of drug-likeness (QED) is 0.458. The predicted octanol–water partition coefficient (Wildman–Crippen LogP) is -0.478. The van der Waals surface area contributed by atoms with Gasteiger partial charge in [0.15, 0.2) is 0 Å². The lowest BCUT2D eigenvalue weighted by atomic mass is 10.2. The Bertz CT molecular complexity index is 1010. The molecule has 3 atom stereocenters. The second-order valence-electron chi connectivity index (χ2n) is 6.24. The van der Waals surface area contributed by atoms with Gasteiger partial charge in [-0.25, -0.2) is 9.36 Å². The molecule has 3 rings (SSSR count). The predicted molar refractivity (Wildman–Crippen MR) is 94.7 cm³/mol. The molecule has 1 saturated heterocycles. The van der Waals surface area contributed by atoms with Crippen molar-refractivity contribution in [2.45, 2.75) is 31.4 Å². The van der Waals surface area contributed by atoms with Crippen molar-refractivity contribution in [3.63, 3.8) is 0 Å². The molecule has 0 radical (unpaired) electrons. The zero-order valence-electron chi connectivity index (χ0n) is 14.5. The Morgan fingerprint density at radius 2 is 1.93 bits per heavy atom. The highest BCUT2D eigenvalue weighted by Gasteiger charge is 2.40. The Morgan fingerprint density at radius 3 is 2.57 bits per heavy atom. The number of para-hydroxylation sites is 1. The lowest BCUT2D eigenvalue weighted by Gasteiger charge is -2.17. The number of benzene rings is 1. The van der Waals surface area contributed by atoms with Gasteiger partial charge in [-0.05, 0) is 6.07 Å². The summed E-state index contributed by atoms with van der Waals surface area (Å²) in [6.07, 6.45) is -2.11. The van der Waals surface area contributed by atoms with Crippen LogP contribution < -0.4 is 11.2 Å². The van der Waals surface area contributed by atoms with Crippen molar-refractivity contribution in [3.8, 4) is 5.75 Å². The van der Waals surface area contributed by atoms with Crippen molar-refractivity contribution in [3.05, 3.63) is 62.9 Å². The number of phenols is 1. The van der Waals surface area contributed by atoms with E-state index in [0.717, 1.165) is 15.2 Å². The topological polar surface area (TPSA) is 160 Å². The number of phosphoric ester groups is 1. The van der Waals surface area contributed by atoms with E-state index in [-0.39, 0.29) is 18.7 Å². The van der Waals surface area contributed by atoms with Crippen LogP contribution in [-0.4, -0.2) is 47.9 Å². The fourth-order valence-corrected chi connectivity index (χ4v) is 3.61. The smallest absolute Gasteiger partial charge is 0.469 e. The Kier molecular flexibility index (Phi) is 5.84. The zero-order chi connectivity index (χ0) is 20.5. The molecule has 4 N–H and O–H groups in total. The van der Waals surface area contributed by atoms with Gasteiger partial charge in [-0.2, -0.15) is 0 Å². The molecule has 1 aliphatic rings. The molecule has 0 spiro atoms. The van der Waals surface area contributed by atoms with Crippen molar-refractivity contribution in [1.82, 2.24) is 9.13 Å². The molecule has 2 heterocycles. The van der Waals surface area contributed by atoms with Crippen LogP contribution in [0.5, 0.6) is 5.75 Å². The van der Waals surface area contributed by atoms with Gasteiger partial charge in [0, 0.05) is 24.2 Å². The van der Waals surface area contributed by atoms with Gasteiger partial charge >= 0.3 is 13.5 Å². The van der Waals surface area contributed by atoms with E-state index < -0.39 is 44.1 Å². The third-order valence-electron chi connectivity index (χ3n) is 4.36. The summed E-state index contributed by atoms with van der Waals surface area (Å²) in [5, 5.41) is 19.2. The van der Waals surface area contributed by atoms with Crippen molar-refractivity contribution in [2.75, 3.05) is 6.61 Å². The van der Waals surface area contributed by atoms with Crippen molar-refractivity contribution in [1.29, 1.82) is 0 Å². The maximum absolute atomic E-state index is 12.8. The van der Waals surface area contributed by atoms with Crippen LogP contribution in [0.4, 0.5) is 0 Å². The van der Waals surface area contributed by atoms with E-state index in [2.05, 4.69) is 4.52 Å². The van der Waals surface area contributed by atoms with E-state index in [9.17, 15) is 24.4 Å². The Labute approximate surface area is 158 Å². The van der Waals surface area contributed by atoms with E-state index >= 15 is 0 Å². The molecule has 0 aliphatic carbocycles. The van der Waals surface area contributed by atoms with Gasteiger partial charge in [-0.1, -0.05) is 18.2 Å². The Morgan fingerprint density at radius 1 is 1.21 bits per heavy atom. The van der Waals surface area contributed by atoms with E-state index in [1.807, 2.05) is 0 Å². The standard InChI is InChI=1S/C16H19N2O9P/c19-9-13-12(27-28(23,24)25)7-15(26-13)17-6-5-14(21)18(16(17)22)8-10-3-1-2-4-11(10)20/h1-6,12-13,15,19-20H,7-9H2,(H2,23,24,25)/t12-,13+,15+/m0/s1. The summed E-state index contributed by atoms with van der Waals surface area (Å²) in [5.74, 6) is -0.0724. The molecule has 12 heteroatoms. The molecular formula is C16H19N2O9P. The number of ether oxygens (including phenoxy) is 1. The summed E-state index contributed by atoms with van der Waals surface area (Å²) in [6.45, 7) is -0.753. The number of aliphatic hydroxyl groups excluding tert-OH is 1. The number of hydrogen-bond donors (Lipinski definition) is 4. The molecule has 2 aromatic rings. The molecule has 1 aromatic heterocycles. The van der Waals surface area contributed by atoms with Gasteiger partial charge in [0.2, 0.25) is 0 Å². The highest BCUT2D eigenvalue weighted by atomic mass is 31.2. The van der Waals surface area contributed by atoms with Crippen LogP contribution in [0.1, 0.15) is 18.2 Å². The second kappa shape index (κ2) is 8.00. The monoisotopic (exact) mass is 414 g/mol. The molecule has 0 bridgehead atoms. The van der Waals surface area contributed by atoms with Gasteiger partial charge < -0.3 is 24.7 Å². The van der Waals surface area contributed by atoms with Crippen LogP contribution in [0, 0.1) is 0 Å². The van der Waals surface area contributed by atoms with Crippen LogP contribution in [0.25, 0.3) is 0 Å². The molecule has 1 aliphatic heterocycles. The molecule has 1 aromatic carbocycles. The fraction of sp³-hybridized carbons (Fsp3) is 0.375. The number of nitrogens with zero attached hydrogens (tertiary/aromatic N) is 2. The van der Waals surface area contributed by atoms with Crippen LogP contribution >= 0.6 is 7.82 Å². The van der Waals surface area contributed by atoms with E-state index in [0.29, 0.717) is 5.56 Å². The first-order valence-corrected chi connectivity index (χ1v) is 9.82. The fourth-order valence-electron chi connectivity index (χ4n) is 3.03. The lowest BCUT2D eigenvalue weighted by Crippen LogP contribution is -2.40. The van der Waals surface area contributed by atoms with Gasteiger partial charge in [-0.3, -0.25) is 18.5 Å². The van der Waals surface area contributed by atoms with E-state index in [4.69, 9.17) is 14.5 Å². The molecule has 0 amide bonds. The minimum absolute atomic E-state index is 0.0724. The number of aromatic hydroxyl groups is 1. The maximum atomic E-state index is 12.8. The lowest BCUT2D eigenvalue weighted by molar-refractivity contribution is -0.0456. The third kappa shape index (κ3) is 4.41. The highest BCUT2D eigenvalue weighted by Crippen LogP contribution is 2.43. The molecular weight excluding hydrogens is 395 g/mol. The first-order chi connectivity index (χ1) is 13.2. The van der Waals surface area contributed by atoms with Crippen molar-refractivity contribution >= 4 is 7.82 Å². The van der Waals surface area contributed by atoms with Gasteiger partial charge in [0.05, 0.1) is 13.2 Å². The Balaban J connectivity index is 1.92. The average molecular weight is 414 g/mol. The van der Waals surface area contributed by atoms with E-state index in [1.54, 1.807) is 18.2 Å². The van der Waals surface area contributed by atoms with Crippen molar-refractivity contribution < 1.29 is 33.8 Å². The molecule has 0 unspecified atom stereocenters. The summed E-state index contributed by atoms with van der Waals surface area (Å²) < 4.78 is 23.2. The number of aromatic nitrogens is 2. The minimum Gasteiger partial charge on any atom is -0.508 e. The number of phosphoric acid groups is 1. The van der Waals surface area contributed by atoms with E-state index in [1.165, 1.54) is 12.3 Å². The minimum atomic E-state index is -4.83. The van der Waals surface area contributed by atoms with Crippen LogP contribution in [0.2, 0.25) is 0 Å². The van der Waals surface area contributed by atoms with Crippen LogP contribution in [0.3, 0.4) is 0 Å². The number of aliphatic hydroxyl groups is 1. The van der Waals surface area contributed by atoms with Gasteiger partial charge in [-0.15, -0.1) is 0 Å². The van der Waals surface area contributed by atoms with Gasteiger partial charge in [0.1, 0.15) is 24.2 Å². The summed E-state index contributed by atoms with van der Waals surface area (Å²) in [7, 11) is -4.83. The summed E-state index contributed by atoms with van der Waals surface area (Å²) >= 11 is 0. The maximum Gasteiger partial charge on any atom is 0.469 e. The van der Waals surface area contributed by atoms with Gasteiger partial charge in [0.25, 0.3) is 5.56 Å². The number of phenolic OH excluding ortho intramolecular Hbond substituents is 1. The first kappa shape index (κ1) is 20.5. The summed E-state index contributed by atoms with van der Waals surface area (Å²) in [6, 6.07) is 7.38. The van der Waals surface area contributed by atoms with Crippen LogP contribution in [-0.2, 0) is 20.4 Å².